The number of hydrogen-bond acceptors (Lipinski definition) is 2. The van der Waals surface area contributed by atoms with Gasteiger partial charge in [-0.25, -0.2) is 0 Å². The fourth-order valence-electron chi connectivity index (χ4n) is 2.37. The Hall–Kier alpha value is 0.0795. The van der Waals surface area contributed by atoms with Gasteiger partial charge >= 0.3 is 102 Å². The molecular weight excluding hydrogens is 273 g/mol. The van der Waals surface area contributed by atoms with Gasteiger partial charge in [-0.2, -0.15) is 0 Å². The van der Waals surface area contributed by atoms with E-state index in [-0.39, 0.29) is 15.5 Å². The molecule has 0 radical (unpaired) electrons. The number of hydrogen-bond donors (Lipinski definition) is 0. The van der Waals surface area contributed by atoms with Gasteiger partial charge in [0.05, 0.1) is 0 Å². The molecule has 0 spiro atoms. The second-order valence-electron chi connectivity index (χ2n) is 4.95. The van der Waals surface area contributed by atoms with Crippen molar-refractivity contribution in [1.82, 2.24) is 4.90 Å². The van der Waals surface area contributed by atoms with Crippen molar-refractivity contribution in [3.63, 3.8) is 0 Å². The van der Waals surface area contributed by atoms with Gasteiger partial charge in [-0.3, -0.25) is 0 Å². The molecular formula is C11H17NOSSe. The Morgan fingerprint density at radius 1 is 1.47 bits per heavy atom. The summed E-state index contributed by atoms with van der Waals surface area (Å²) in [5.41, 5.74) is 0. The molecule has 2 rings (SSSR count). The summed E-state index contributed by atoms with van der Waals surface area (Å²) in [4.78, 5) is 14.5. The summed E-state index contributed by atoms with van der Waals surface area (Å²) >= 11 is 2.44. The Labute approximate surface area is 102 Å². The van der Waals surface area contributed by atoms with Gasteiger partial charge in [-0.05, 0) is 0 Å². The zero-order chi connectivity index (χ0) is 11.3. The SMILES string of the molecule is CC1(C)SC(C)(C)N2C(=O)C=CC[Se]C21. The first kappa shape index (κ1) is 11.6. The van der Waals surface area contributed by atoms with Crippen LogP contribution in [-0.2, 0) is 4.79 Å². The molecule has 1 fully saturated rings. The van der Waals surface area contributed by atoms with Crippen molar-refractivity contribution in [1.29, 1.82) is 0 Å². The van der Waals surface area contributed by atoms with Crippen molar-refractivity contribution in [2.24, 2.45) is 0 Å². The second-order valence-corrected chi connectivity index (χ2v) is 9.54. The van der Waals surface area contributed by atoms with Crippen molar-refractivity contribution in [2.75, 3.05) is 0 Å². The van der Waals surface area contributed by atoms with Crippen LogP contribution in [0.1, 0.15) is 27.7 Å². The molecule has 1 amide bonds. The van der Waals surface area contributed by atoms with Gasteiger partial charge in [0, 0.05) is 0 Å². The van der Waals surface area contributed by atoms with Crippen LogP contribution in [0.15, 0.2) is 12.2 Å². The summed E-state index contributed by atoms with van der Waals surface area (Å²) in [6, 6.07) is 0. The van der Waals surface area contributed by atoms with Gasteiger partial charge in [-0.1, -0.05) is 0 Å². The zero-order valence-electron chi connectivity index (χ0n) is 9.61. The molecule has 0 aromatic rings. The van der Waals surface area contributed by atoms with E-state index in [0.717, 1.165) is 5.32 Å². The average molecular weight is 290 g/mol. The molecule has 0 aromatic heterocycles. The first-order chi connectivity index (χ1) is 6.84. The van der Waals surface area contributed by atoms with E-state index in [4.69, 9.17) is 0 Å². The molecule has 0 aromatic carbocycles. The zero-order valence-corrected chi connectivity index (χ0v) is 12.1. The topological polar surface area (TPSA) is 20.3 Å². The summed E-state index contributed by atoms with van der Waals surface area (Å²) in [5.74, 6) is 0.197. The predicted octanol–water partition coefficient (Wildman–Crippen LogP) is 2.09. The third-order valence-corrected chi connectivity index (χ3v) is 7.70. The van der Waals surface area contributed by atoms with Crippen LogP contribution in [0.25, 0.3) is 0 Å². The van der Waals surface area contributed by atoms with Crippen LogP contribution in [0.5, 0.6) is 0 Å². The maximum absolute atomic E-state index is 12.0. The Morgan fingerprint density at radius 3 is 2.80 bits per heavy atom. The van der Waals surface area contributed by atoms with Gasteiger partial charge in [0.15, 0.2) is 0 Å². The molecule has 2 nitrogen and oxygen atoms in total. The monoisotopic (exact) mass is 291 g/mol. The Morgan fingerprint density at radius 2 is 2.13 bits per heavy atom. The number of thioether (sulfide) groups is 1. The number of carbonyl (C=O) groups excluding carboxylic acids is 1. The molecule has 0 bridgehead atoms. The van der Waals surface area contributed by atoms with Gasteiger partial charge in [0.1, 0.15) is 0 Å². The standard InChI is InChI=1S/C11H17NOSSe/c1-10(2)9-12(11(3,4)14-10)8(13)6-5-7-15-9/h5-6,9H,7H2,1-4H3. The molecule has 2 heterocycles. The molecule has 0 aliphatic carbocycles. The molecule has 4 heteroatoms. The number of allylic oxidation sites excluding steroid dienone is 1. The van der Waals surface area contributed by atoms with Crippen molar-refractivity contribution in [3.8, 4) is 0 Å². The van der Waals surface area contributed by atoms with Crippen LogP contribution < -0.4 is 0 Å². The van der Waals surface area contributed by atoms with Crippen LogP contribution >= 0.6 is 11.8 Å². The molecule has 15 heavy (non-hydrogen) atoms. The normalized spacial score (nSPS) is 32.7. The first-order valence-corrected chi connectivity index (χ1v) is 8.18. The molecule has 2 aliphatic heterocycles. The Bertz CT molecular complexity index is 325. The van der Waals surface area contributed by atoms with Crippen LogP contribution in [0, 0.1) is 0 Å². The average Bonchev–Trinajstić information content (AvgIpc) is 2.20. The number of fused-ring (bicyclic) bond motifs is 1. The van der Waals surface area contributed by atoms with Gasteiger partial charge in [-0.15, -0.1) is 0 Å². The minimum atomic E-state index is -0.0539. The minimum absolute atomic E-state index is 0.0539. The second kappa shape index (κ2) is 3.54. The van der Waals surface area contributed by atoms with E-state index in [1.807, 2.05) is 17.8 Å². The molecule has 0 saturated carbocycles. The van der Waals surface area contributed by atoms with E-state index < -0.39 is 0 Å². The molecule has 0 N–H and O–H groups in total. The molecule has 2 aliphatic rings. The van der Waals surface area contributed by atoms with Crippen molar-refractivity contribution < 1.29 is 4.79 Å². The number of nitrogens with zero attached hydrogens (tertiary/aromatic N) is 1. The maximum atomic E-state index is 12.0. The number of rotatable bonds is 0. The number of carbonyl (C=O) groups is 1. The summed E-state index contributed by atoms with van der Waals surface area (Å²) in [7, 11) is 0. The molecule has 1 unspecified atom stereocenters. The fourth-order valence-corrected chi connectivity index (χ4v) is 7.71. The molecule has 1 atom stereocenters. The van der Waals surface area contributed by atoms with Crippen LogP contribution in [0.2, 0.25) is 5.32 Å². The summed E-state index contributed by atoms with van der Waals surface area (Å²) in [5, 5.41) is 1.08. The van der Waals surface area contributed by atoms with E-state index in [2.05, 4.69) is 32.6 Å². The van der Waals surface area contributed by atoms with E-state index in [9.17, 15) is 4.79 Å². The quantitative estimate of drug-likeness (QED) is 0.637. The Balaban J connectivity index is 2.40. The van der Waals surface area contributed by atoms with Crippen LogP contribution in [0.3, 0.4) is 0 Å². The predicted molar refractivity (Wildman–Crippen MR) is 66.1 cm³/mol. The van der Waals surface area contributed by atoms with E-state index in [1.54, 1.807) is 6.08 Å². The Kier molecular flexibility index (Phi) is 2.73. The van der Waals surface area contributed by atoms with Crippen molar-refractivity contribution >= 4 is 32.6 Å². The summed E-state index contributed by atoms with van der Waals surface area (Å²) in [6.45, 7) is 8.86. The number of amides is 1. The van der Waals surface area contributed by atoms with Crippen molar-refractivity contribution in [3.05, 3.63) is 12.2 Å². The third-order valence-electron chi connectivity index (χ3n) is 2.77. The van der Waals surface area contributed by atoms with Gasteiger partial charge < -0.3 is 0 Å². The molecule has 84 valence electrons. The van der Waals surface area contributed by atoms with E-state index >= 15 is 0 Å². The summed E-state index contributed by atoms with van der Waals surface area (Å²) in [6.07, 6.45) is 3.79. The first-order valence-electron chi connectivity index (χ1n) is 5.16. The van der Waals surface area contributed by atoms with Gasteiger partial charge in [0.2, 0.25) is 0 Å². The van der Waals surface area contributed by atoms with E-state index in [0.29, 0.717) is 19.9 Å². The van der Waals surface area contributed by atoms with Gasteiger partial charge in [0.25, 0.3) is 0 Å². The third kappa shape index (κ3) is 1.88. The molecule has 1 saturated heterocycles. The van der Waals surface area contributed by atoms with Crippen LogP contribution in [0.4, 0.5) is 0 Å². The van der Waals surface area contributed by atoms with Crippen molar-refractivity contribution in [2.45, 2.75) is 47.6 Å². The van der Waals surface area contributed by atoms with E-state index in [1.165, 1.54) is 0 Å². The fraction of sp³-hybridized carbons (Fsp3) is 0.727. The summed E-state index contributed by atoms with van der Waals surface area (Å²) < 4.78 is 0.200. The van der Waals surface area contributed by atoms with Crippen LogP contribution in [-0.4, -0.2) is 40.3 Å².